The number of rotatable bonds is 7. The molecule has 13 heteroatoms. The van der Waals surface area contributed by atoms with E-state index in [0.717, 1.165) is 23.4 Å². The fourth-order valence-electron chi connectivity index (χ4n) is 6.58. The lowest BCUT2D eigenvalue weighted by Gasteiger charge is -2.39. The van der Waals surface area contributed by atoms with Crippen LogP contribution in [0, 0.1) is 6.92 Å². The fourth-order valence-corrected chi connectivity index (χ4v) is 6.87. The number of amides is 1. The lowest BCUT2D eigenvalue weighted by molar-refractivity contribution is -0.162. The number of aliphatic hydroxyl groups is 1. The topological polar surface area (TPSA) is 102 Å². The molecule has 0 radical (unpaired) electrons. The zero-order chi connectivity index (χ0) is 33.5. The fraction of sp³-hybridized carbons (Fsp3) is 0.441. The minimum absolute atomic E-state index is 0.0340. The number of hydrogen-bond donors (Lipinski definition) is 2. The van der Waals surface area contributed by atoms with Gasteiger partial charge >= 0.3 is 6.18 Å². The number of aromatic nitrogens is 3. The van der Waals surface area contributed by atoms with Crippen LogP contribution in [0.5, 0.6) is 0 Å². The normalized spacial score (nSPS) is 20.8. The van der Waals surface area contributed by atoms with Crippen molar-refractivity contribution in [1.82, 2.24) is 24.3 Å². The minimum Gasteiger partial charge on any atom is -0.388 e. The van der Waals surface area contributed by atoms with Crippen LogP contribution in [-0.4, -0.2) is 74.2 Å². The number of hydrogen-bond acceptors (Lipinski definition) is 6. The van der Waals surface area contributed by atoms with Crippen molar-refractivity contribution in [3.8, 4) is 5.69 Å². The van der Waals surface area contributed by atoms with Crippen LogP contribution in [0.3, 0.4) is 0 Å². The highest BCUT2D eigenvalue weighted by atomic mass is 35.5. The van der Waals surface area contributed by atoms with E-state index in [1.54, 1.807) is 16.7 Å². The molecule has 0 unspecified atom stereocenters. The highest BCUT2D eigenvalue weighted by molar-refractivity contribution is 6.31. The predicted molar refractivity (Wildman–Crippen MR) is 172 cm³/mol. The number of likely N-dealkylation sites (tertiary alicyclic amines) is 1. The van der Waals surface area contributed by atoms with E-state index in [1.165, 1.54) is 40.1 Å². The van der Waals surface area contributed by atoms with Gasteiger partial charge in [0.2, 0.25) is 5.91 Å². The largest absolute Gasteiger partial charge is 0.396 e. The first-order valence-electron chi connectivity index (χ1n) is 15.7. The molecule has 250 valence electrons. The molecule has 2 saturated heterocycles. The van der Waals surface area contributed by atoms with E-state index in [2.05, 4.69) is 10.3 Å². The molecule has 2 aromatic heterocycles. The van der Waals surface area contributed by atoms with Gasteiger partial charge in [-0.25, -0.2) is 4.98 Å². The van der Waals surface area contributed by atoms with E-state index in [4.69, 9.17) is 16.3 Å². The number of morpholine rings is 1. The third kappa shape index (κ3) is 6.96. The molecule has 6 rings (SSSR count). The van der Waals surface area contributed by atoms with E-state index >= 15 is 0 Å². The van der Waals surface area contributed by atoms with Gasteiger partial charge in [-0.1, -0.05) is 48.0 Å². The maximum absolute atomic E-state index is 13.8. The van der Waals surface area contributed by atoms with E-state index in [-0.39, 0.29) is 61.1 Å². The minimum atomic E-state index is -4.58. The van der Waals surface area contributed by atoms with Gasteiger partial charge in [-0.05, 0) is 61.6 Å². The Labute approximate surface area is 274 Å². The second-order valence-corrected chi connectivity index (χ2v) is 13.1. The maximum Gasteiger partial charge on any atom is 0.396 e. The van der Waals surface area contributed by atoms with Crippen molar-refractivity contribution in [2.45, 2.75) is 69.5 Å². The molecule has 0 aliphatic carbocycles. The van der Waals surface area contributed by atoms with E-state index in [1.807, 2.05) is 32.0 Å². The van der Waals surface area contributed by atoms with Crippen molar-refractivity contribution in [2.24, 2.45) is 0 Å². The molecule has 47 heavy (non-hydrogen) atoms. The highest BCUT2D eigenvalue weighted by Gasteiger charge is 2.43. The summed E-state index contributed by atoms with van der Waals surface area (Å²) in [6, 6.07) is 14.9. The predicted octanol–water partition coefficient (Wildman–Crippen LogP) is 5.29. The van der Waals surface area contributed by atoms with Crippen LogP contribution in [0.4, 0.5) is 13.2 Å². The van der Waals surface area contributed by atoms with Crippen molar-refractivity contribution >= 4 is 28.5 Å². The Kier molecular flexibility index (Phi) is 9.23. The lowest BCUT2D eigenvalue weighted by atomic mass is 9.89. The Morgan fingerprint density at radius 3 is 2.53 bits per heavy atom. The van der Waals surface area contributed by atoms with Crippen molar-refractivity contribution in [1.29, 1.82) is 0 Å². The van der Waals surface area contributed by atoms with Gasteiger partial charge in [-0.3, -0.25) is 18.7 Å². The molecule has 2 N–H and O–H groups in total. The first-order valence-corrected chi connectivity index (χ1v) is 16.0. The molecule has 0 spiro atoms. The molecular weight excluding hydrogens is 635 g/mol. The maximum atomic E-state index is 13.8. The molecule has 4 aromatic rings. The number of aryl methyl sites for hydroxylation is 1. The summed E-state index contributed by atoms with van der Waals surface area (Å²) in [6.07, 6.45) is -3.57. The molecule has 3 atom stereocenters. The Balaban J connectivity index is 1.15. The third-order valence-electron chi connectivity index (χ3n) is 9.31. The number of benzene rings is 2. The summed E-state index contributed by atoms with van der Waals surface area (Å²) in [5, 5.41) is 15.5. The van der Waals surface area contributed by atoms with Gasteiger partial charge in [0, 0.05) is 31.7 Å². The lowest BCUT2D eigenvalue weighted by Crippen LogP contribution is -2.50. The molecule has 4 heterocycles. The number of fused-ring (bicyclic) bond motifs is 1. The number of ether oxygens (including phenoxy) is 1. The molecule has 2 aliphatic rings. The third-order valence-corrected chi connectivity index (χ3v) is 9.59. The zero-order valence-electron chi connectivity index (χ0n) is 26.1. The van der Waals surface area contributed by atoms with Gasteiger partial charge in [0.1, 0.15) is 11.5 Å². The van der Waals surface area contributed by atoms with Crippen molar-refractivity contribution in [3.63, 3.8) is 0 Å². The Morgan fingerprint density at radius 2 is 1.89 bits per heavy atom. The molecule has 2 fully saturated rings. The zero-order valence-corrected chi connectivity index (χ0v) is 26.9. The SMILES string of the molecule is Cc1cc(-n2c(Cl)cc3c(=O)n(CC4(O)CCN(C(=O)C[C@H](c5ccccc5)C(F)(F)F)CC4)cnc32)ccc1[C@H]1CO[C@H](C)CN1. The molecule has 1 amide bonds. The van der Waals surface area contributed by atoms with Gasteiger partial charge < -0.3 is 20.1 Å². The standard InChI is InChI=1S/C34H37ClF3N5O4/c1-21-14-24(8-9-25(21)28-18-47-22(2)17-39-28)43-29(35)15-26-31(43)40-20-42(32(26)45)19-33(46)10-12-41(13-11-33)30(44)16-27(34(36,37)38)23-6-4-3-5-7-23/h3-9,14-15,20,22,27-28,39,46H,10-13,16-19H2,1-2H3/t22-,27-,28-/m1/s1. The van der Waals surface area contributed by atoms with Crippen LogP contribution in [0.1, 0.15) is 54.8 Å². The summed E-state index contributed by atoms with van der Waals surface area (Å²) < 4.78 is 50.3. The highest BCUT2D eigenvalue weighted by Crippen LogP contribution is 2.38. The smallest absolute Gasteiger partial charge is 0.388 e. The van der Waals surface area contributed by atoms with Crippen LogP contribution < -0.4 is 10.9 Å². The van der Waals surface area contributed by atoms with Crippen LogP contribution in [0.2, 0.25) is 5.15 Å². The Hall–Kier alpha value is -3.71. The van der Waals surface area contributed by atoms with E-state index in [9.17, 15) is 27.9 Å². The first-order chi connectivity index (χ1) is 22.3. The molecule has 2 aromatic carbocycles. The van der Waals surface area contributed by atoms with Crippen molar-refractivity contribution < 1.29 is 27.8 Å². The summed E-state index contributed by atoms with van der Waals surface area (Å²) in [4.78, 5) is 32.4. The Bertz CT molecular complexity index is 1810. The van der Waals surface area contributed by atoms with E-state index in [0.29, 0.717) is 17.4 Å². The van der Waals surface area contributed by atoms with Crippen molar-refractivity contribution in [2.75, 3.05) is 26.2 Å². The summed E-state index contributed by atoms with van der Waals surface area (Å²) in [5.74, 6) is -2.54. The van der Waals surface area contributed by atoms with Gasteiger partial charge in [-0.15, -0.1) is 0 Å². The molecular formula is C34H37ClF3N5O4. The summed E-state index contributed by atoms with van der Waals surface area (Å²) in [5.41, 5.74) is 1.56. The van der Waals surface area contributed by atoms with E-state index < -0.39 is 30.0 Å². The first kappa shape index (κ1) is 33.2. The average Bonchev–Trinajstić information content (AvgIpc) is 3.38. The second-order valence-electron chi connectivity index (χ2n) is 12.7. The van der Waals surface area contributed by atoms with Gasteiger partial charge in [0.05, 0.1) is 42.2 Å². The van der Waals surface area contributed by atoms with Crippen LogP contribution in [-0.2, 0) is 16.1 Å². The second kappa shape index (κ2) is 13.1. The summed E-state index contributed by atoms with van der Waals surface area (Å²) >= 11 is 6.64. The van der Waals surface area contributed by atoms with Gasteiger partial charge in [0.25, 0.3) is 5.56 Å². The molecule has 0 bridgehead atoms. The number of piperidine rings is 1. The number of carbonyl (C=O) groups is 1. The van der Waals surface area contributed by atoms with Crippen molar-refractivity contribution in [3.05, 3.63) is 93.1 Å². The Morgan fingerprint density at radius 1 is 1.17 bits per heavy atom. The molecule has 0 saturated carbocycles. The average molecular weight is 672 g/mol. The number of carbonyl (C=O) groups excluding carboxylic acids is 1. The number of nitrogens with one attached hydrogen (secondary N) is 1. The summed E-state index contributed by atoms with van der Waals surface area (Å²) in [6.45, 7) is 5.42. The number of alkyl halides is 3. The number of nitrogens with zero attached hydrogens (tertiary/aromatic N) is 4. The van der Waals surface area contributed by atoms with Gasteiger partial charge in [-0.2, -0.15) is 13.2 Å². The monoisotopic (exact) mass is 671 g/mol. The van der Waals surface area contributed by atoms with Crippen LogP contribution >= 0.6 is 11.6 Å². The molecule has 2 aliphatic heterocycles. The quantitative estimate of drug-likeness (QED) is 0.277. The van der Waals surface area contributed by atoms with Crippen LogP contribution in [0.15, 0.2) is 65.7 Å². The summed E-state index contributed by atoms with van der Waals surface area (Å²) in [7, 11) is 0. The number of halogens is 4. The van der Waals surface area contributed by atoms with Gasteiger partial charge in [0.15, 0.2) is 5.65 Å². The van der Waals surface area contributed by atoms with Crippen LogP contribution in [0.25, 0.3) is 16.7 Å². The molecule has 9 nitrogen and oxygen atoms in total.